The second-order valence-corrected chi connectivity index (χ2v) is 3.75. The van der Waals surface area contributed by atoms with Crippen molar-refractivity contribution in [1.82, 2.24) is 15.4 Å². The van der Waals surface area contributed by atoms with Crippen LogP contribution >= 0.6 is 11.6 Å². The zero-order chi connectivity index (χ0) is 14.4. The van der Waals surface area contributed by atoms with Gasteiger partial charge in [-0.1, -0.05) is 18.5 Å². The number of nitrogens with two attached hydrogens (primary N) is 3. The Morgan fingerprint density at radius 3 is 2.74 bits per heavy atom. The molecule has 0 atom stereocenters. The molecular weight excluding hydrogens is 274 g/mol. The van der Waals surface area contributed by atoms with E-state index in [1.807, 2.05) is 6.92 Å². The predicted molar refractivity (Wildman–Crippen MR) is 71.2 cm³/mol. The number of hydroxylamine groups is 1. The molecule has 19 heavy (non-hydrogen) atoms. The number of halogens is 1. The average Bonchev–Trinajstić information content (AvgIpc) is 2.37. The number of hydrogen-bond donors (Lipinski definition) is 4. The zero-order valence-electron chi connectivity index (χ0n) is 10.2. The SMILES string of the molecule is CCCN=C(N)NOC(=O)c1nc(Cl)c(N)nc1N. The van der Waals surface area contributed by atoms with E-state index in [2.05, 4.69) is 25.3 Å². The molecule has 0 fully saturated rings. The van der Waals surface area contributed by atoms with Gasteiger partial charge in [0.15, 0.2) is 22.5 Å². The van der Waals surface area contributed by atoms with Gasteiger partial charge in [-0.3, -0.25) is 4.99 Å². The molecule has 1 rings (SSSR count). The van der Waals surface area contributed by atoms with Crippen molar-refractivity contribution >= 4 is 35.2 Å². The quantitative estimate of drug-likeness (QED) is 0.335. The highest BCUT2D eigenvalue weighted by Gasteiger charge is 2.18. The highest BCUT2D eigenvalue weighted by Crippen LogP contribution is 2.17. The number of carbonyl (C=O) groups excluding carboxylic acids is 1. The standard InChI is InChI=1S/C9H14ClN7O2/c1-2-3-14-9(13)17-19-8(18)4-6(11)16-7(12)5(10)15-4/h2-3H2,1H3,(H4,11,12,16)(H3,13,14,17). The van der Waals surface area contributed by atoms with Gasteiger partial charge < -0.3 is 22.0 Å². The van der Waals surface area contributed by atoms with E-state index in [0.29, 0.717) is 6.54 Å². The maximum atomic E-state index is 11.6. The van der Waals surface area contributed by atoms with Crippen molar-refractivity contribution in [3.05, 3.63) is 10.8 Å². The third kappa shape index (κ3) is 4.14. The number of hydrogen-bond acceptors (Lipinski definition) is 7. The van der Waals surface area contributed by atoms with Gasteiger partial charge >= 0.3 is 5.97 Å². The molecule has 104 valence electrons. The molecule has 1 aromatic rings. The van der Waals surface area contributed by atoms with Crippen LogP contribution in [0.25, 0.3) is 0 Å². The van der Waals surface area contributed by atoms with Crippen LogP contribution in [0.3, 0.4) is 0 Å². The number of nitrogen functional groups attached to an aromatic ring is 2. The van der Waals surface area contributed by atoms with Crippen molar-refractivity contribution in [1.29, 1.82) is 0 Å². The van der Waals surface area contributed by atoms with Crippen LogP contribution in [0, 0.1) is 0 Å². The van der Waals surface area contributed by atoms with Crippen LogP contribution in [0.15, 0.2) is 4.99 Å². The normalized spacial score (nSPS) is 11.2. The Hall–Kier alpha value is -2.29. The maximum Gasteiger partial charge on any atom is 0.385 e. The number of anilines is 2. The molecule has 0 bridgehead atoms. The Kier molecular flexibility index (Phi) is 5.12. The smallest absolute Gasteiger partial charge is 0.382 e. The van der Waals surface area contributed by atoms with Gasteiger partial charge in [-0.05, 0) is 6.42 Å². The van der Waals surface area contributed by atoms with Crippen molar-refractivity contribution in [2.45, 2.75) is 13.3 Å². The van der Waals surface area contributed by atoms with Gasteiger partial charge in [0, 0.05) is 6.54 Å². The van der Waals surface area contributed by atoms with Gasteiger partial charge in [0.25, 0.3) is 0 Å². The number of rotatable bonds is 3. The summed E-state index contributed by atoms with van der Waals surface area (Å²) in [4.78, 5) is 27.4. The minimum atomic E-state index is -0.901. The average molecular weight is 288 g/mol. The molecule has 0 aliphatic rings. The lowest BCUT2D eigenvalue weighted by Gasteiger charge is -2.07. The van der Waals surface area contributed by atoms with Crippen LogP contribution in [0.1, 0.15) is 23.8 Å². The van der Waals surface area contributed by atoms with E-state index in [1.54, 1.807) is 0 Å². The van der Waals surface area contributed by atoms with Gasteiger partial charge in [0.05, 0.1) is 0 Å². The molecular formula is C9H14ClN7O2. The molecule has 9 nitrogen and oxygen atoms in total. The van der Waals surface area contributed by atoms with Crippen LogP contribution < -0.4 is 22.7 Å². The molecule has 0 amide bonds. The van der Waals surface area contributed by atoms with E-state index in [9.17, 15) is 4.79 Å². The minimum absolute atomic E-state index is 0.0386. The second kappa shape index (κ2) is 6.59. The molecule has 7 N–H and O–H groups in total. The van der Waals surface area contributed by atoms with Crippen molar-refractivity contribution in [3.63, 3.8) is 0 Å². The van der Waals surface area contributed by atoms with Gasteiger partial charge in [-0.25, -0.2) is 14.8 Å². The van der Waals surface area contributed by atoms with E-state index in [-0.39, 0.29) is 28.4 Å². The number of guanidine groups is 1. The molecule has 0 aliphatic heterocycles. The highest BCUT2D eigenvalue weighted by atomic mass is 35.5. The first-order valence-corrected chi connectivity index (χ1v) is 5.69. The molecule has 1 heterocycles. The summed E-state index contributed by atoms with van der Waals surface area (Å²) in [6.07, 6.45) is 0.808. The molecule has 1 aromatic heterocycles. The number of aromatic nitrogens is 2. The molecule has 0 unspecified atom stereocenters. The lowest BCUT2D eigenvalue weighted by atomic mass is 10.4. The summed E-state index contributed by atoms with van der Waals surface area (Å²) in [6.45, 7) is 2.43. The monoisotopic (exact) mass is 287 g/mol. The van der Waals surface area contributed by atoms with E-state index in [1.165, 1.54) is 0 Å². The molecule has 0 radical (unpaired) electrons. The Bertz CT molecular complexity index is 506. The molecule has 10 heteroatoms. The molecule has 0 spiro atoms. The zero-order valence-corrected chi connectivity index (χ0v) is 10.9. The fraction of sp³-hybridized carbons (Fsp3) is 0.333. The molecule has 0 aromatic carbocycles. The summed E-state index contributed by atoms with van der Waals surface area (Å²) >= 11 is 5.63. The summed E-state index contributed by atoms with van der Waals surface area (Å²) in [5, 5.41) is -0.145. The fourth-order valence-electron chi connectivity index (χ4n) is 1.00. The molecule has 0 saturated heterocycles. The lowest BCUT2D eigenvalue weighted by molar-refractivity contribution is 0.0377. The van der Waals surface area contributed by atoms with Gasteiger partial charge in [0.1, 0.15) is 0 Å². The van der Waals surface area contributed by atoms with Gasteiger partial charge in [-0.15, -0.1) is 0 Å². The maximum absolute atomic E-state index is 11.6. The number of nitrogens with zero attached hydrogens (tertiary/aromatic N) is 3. The molecule has 0 saturated carbocycles. The fourth-order valence-corrected chi connectivity index (χ4v) is 1.13. The first-order chi connectivity index (χ1) is 8.95. The number of aliphatic imine (C=N–C) groups is 1. The van der Waals surface area contributed by atoms with Gasteiger partial charge in [0.2, 0.25) is 5.96 Å². The highest BCUT2D eigenvalue weighted by molar-refractivity contribution is 6.31. The summed E-state index contributed by atoms with van der Waals surface area (Å²) < 4.78 is 0. The van der Waals surface area contributed by atoms with Crippen LogP contribution in [0.2, 0.25) is 5.15 Å². The minimum Gasteiger partial charge on any atom is -0.382 e. The number of nitrogens with one attached hydrogen (secondary N) is 1. The largest absolute Gasteiger partial charge is 0.385 e. The van der Waals surface area contributed by atoms with E-state index < -0.39 is 5.97 Å². The van der Waals surface area contributed by atoms with Gasteiger partial charge in [-0.2, -0.15) is 5.48 Å². The van der Waals surface area contributed by atoms with E-state index in [4.69, 9.17) is 28.8 Å². The second-order valence-electron chi connectivity index (χ2n) is 3.39. The summed E-state index contributed by atoms with van der Waals surface area (Å²) in [6, 6.07) is 0. The first kappa shape index (κ1) is 14.8. The van der Waals surface area contributed by atoms with Crippen LogP contribution in [-0.4, -0.2) is 28.4 Å². The lowest BCUT2D eigenvalue weighted by Crippen LogP contribution is -2.34. The van der Waals surface area contributed by atoms with Crippen molar-refractivity contribution < 1.29 is 9.63 Å². The Labute approximate surface area is 114 Å². The summed E-state index contributed by atoms with van der Waals surface area (Å²) in [7, 11) is 0. The third-order valence-corrected chi connectivity index (χ3v) is 2.13. The molecule has 0 aliphatic carbocycles. The Balaban J connectivity index is 2.71. The third-order valence-electron chi connectivity index (χ3n) is 1.85. The Morgan fingerprint density at radius 2 is 2.11 bits per heavy atom. The van der Waals surface area contributed by atoms with Crippen molar-refractivity contribution in [3.8, 4) is 0 Å². The van der Waals surface area contributed by atoms with E-state index in [0.717, 1.165) is 6.42 Å². The van der Waals surface area contributed by atoms with Crippen molar-refractivity contribution in [2.24, 2.45) is 10.7 Å². The van der Waals surface area contributed by atoms with Crippen LogP contribution in [0.4, 0.5) is 11.6 Å². The number of carbonyl (C=O) groups is 1. The van der Waals surface area contributed by atoms with Crippen molar-refractivity contribution in [2.75, 3.05) is 18.0 Å². The predicted octanol–water partition coefficient (Wildman–Crippen LogP) is -0.319. The topological polar surface area (TPSA) is 155 Å². The van der Waals surface area contributed by atoms with Crippen LogP contribution in [-0.2, 0) is 4.84 Å². The summed E-state index contributed by atoms with van der Waals surface area (Å²) in [5.74, 6) is -1.21. The first-order valence-electron chi connectivity index (χ1n) is 5.31. The van der Waals surface area contributed by atoms with E-state index >= 15 is 0 Å². The summed E-state index contributed by atoms with van der Waals surface area (Å²) in [5.41, 5.74) is 18.2. The van der Waals surface area contributed by atoms with Crippen LogP contribution in [0.5, 0.6) is 0 Å². The Morgan fingerprint density at radius 1 is 1.42 bits per heavy atom.